The van der Waals surface area contributed by atoms with Gasteiger partial charge in [0.1, 0.15) is 23.7 Å². The largest absolute Gasteiger partial charge is 0.489 e. The van der Waals surface area contributed by atoms with E-state index in [1.165, 1.54) is 49.6 Å². The average Bonchev–Trinajstić information content (AvgIpc) is 2.73. The molecule has 2 aromatic carbocycles. The number of halogens is 3. The maximum atomic E-state index is 13.6. The molecule has 3 aromatic rings. The lowest BCUT2D eigenvalue weighted by Gasteiger charge is -2.14. The highest BCUT2D eigenvalue weighted by Crippen LogP contribution is 2.38. The molecule has 0 unspecified atom stereocenters. The van der Waals surface area contributed by atoms with Crippen LogP contribution >= 0.6 is 0 Å². The number of carbonyl (C=O) groups is 1. The third-order valence-electron chi connectivity index (χ3n) is 4.06. The molecule has 0 spiro atoms. The fraction of sp³-hybridized carbons (Fsp3) is 0.182. The standard InChI is InChI=1S/C22H17F3O6/c1-12(2)11-29-15-8-9-16-17(10-15)31-20(22(23,24)25)19(18(16)26)30-14-6-4-13(5-7-14)21(27)28-3/h4-10H,1,11H2,2-3H3. The number of alkyl halides is 3. The van der Waals surface area contributed by atoms with Crippen LogP contribution in [-0.4, -0.2) is 19.7 Å². The Labute approximate surface area is 174 Å². The Kier molecular flexibility index (Phi) is 6.05. The van der Waals surface area contributed by atoms with Crippen molar-refractivity contribution in [1.82, 2.24) is 0 Å². The van der Waals surface area contributed by atoms with Crippen molar-refractivity contribution in [3.05, 3.63) is 76.2 Å². The normalized spacial score (nSPS) is 11.3. The first-order valence-electron chi connectivity index (χ1n) is 8.91. The Balaban J connectivity index is 2.06. The molecule has 31 heavy (non-hydrogen) atoms. The van der Waals surface area contributed by atoms with Gasteiger partial charge in [-0.3, -0.25) is 4.79 Å². The van der Waals surface area contributed by atoms with Gasteiger partial charge in [0.05, 0.1) is 18.1 Å². The quantitative estimate of drug-likeness (QED) is 0.385. The van der Waals surface area contributed by atoms with Crippen molar-refractivity contribution in [2.45, 2.75) is 13.1 Å². The fourth-order valence-corrected chi connectivity index (χ4v) is 2.63. The van der Waals surface area contributed by atoms with E-state index in [9.17, 15) is 22.8 Å². The van der Waals surface area contributed by atoms with Crippen molar-refractivity contribution in [2.75, 3.05) is 13.7 Å². The van der Waals surface area contributed by atoms with Gasteiger partial charge in [-0.25, -0.2) is 4.79 Å². The van der Waals surface area contributed by atoms with Crippen LogP contribution in [0.5, 0.6) is 17.2 Å². The number of carbonyl (C=O) groups excluding carboxylic acids is 1. The number of hydrogen-bond acceptors (Lipinski definition) is 6. The lowest BCUT2D eigenvalue weighted by atomic mass is 10.2. The molecular formula is C22H17F3O6. The molecule has 0 bridgehead atoms. The van der Waals surface area contributed by atoms with Gasteiger partial charge in [-0.05, 0) is 48.9 Å². The van der Waals surface area contributed by atoms with Gasteiger partial charge in [-0.15, -0.1) is 0 Å². The number of fused-ring (bicyclic) bond motifs is 1. The summed E-state index contributed by atoms with van der Waals surface area (Å²) in [6.45, 7) is 5.56. The maximum absolute atomic E-state index is 13.6. The van der Waals surface area contributed by atoms with Crippen LogP contribution < -0.4 is 14.9 Å². The molecule has 0 radical (unpaired) electrons. The second-order valence-electron chi connectivity index (χ2n) is 6.61. The predicted octanol–water partition coefficient (Wildman–Crippen LogP) is 5.35. The summed E-state index contributed by atoms with van der Waals surface area (Å²) in [6.07, 6.45) is -5.00. The third-order valence-corrected chi connectivity index (χ3v) is 4.06. The van der Waals surface area contributed by atoms with Gasteiger partial charge in [0.15, 0.2) is 0 Å². The summed E-state index contributed by atoms with van der Waals surface area (Å²) >= 11 is 0. The SMILES string of the molecule is C=C(C)COc1ccc2c(=O)c(Oc3ccc(C(=O)OC)cc3)c(C(F)(F)F)oc2c1. The van der Waals surface area contributed by atoms with Gasteiger partial charge in [0.25, 0.3) is 5.76 Å². The number of benzene rings is 2. The van der Waals surface area contributed by atoms with E-state index in [1.807, 2.05) is 0 Å². The van der Waals surface area contributed by atoms with E-state index >= 15 is 0 Å². The zero-order valence-electron chi connectivity index (χ0n) is 16.5. The van der Waals surface area contributed by atoms with E-state index in [0.29, 0.717) is 5.57 Å². The van der Waals surface area contributed by atoms with Crippen LogP contribution in [0.15, 0.2) is 63.8 Å². The predicted molar refractivity (Wildman–Crippen MR) is 106 cm³/mol. The summed E-state index contributed by atoms with van der Waals surface area (Å²) in [4.78, 5) is 24.3. The molecule has 0 aliphatic rings. The van der Waals surface area contributed by atoms with Gasteiger partial charge in [-0.2, -0.15) is 13.2 Å². The lowest BCUT2D eigenvalue weighted by Crippen LogP contribution is -2.15. The molecular weight excluding hydrogens is 417 g/mol. The Bertz CT molecular complexity index is 1190. The first-order valence-corrected chi connectivity index (χ1v) is 8.91. The summed E-state index contributed by atoms with van der Waals surface area (Å²) < 4.78 is 61.0. The Hall–Kier alpha value is -3.75. The molecule has 0 saturated carbocycles. The molecule has 0 atom stereocenters. The second kappa shape index (κ2) is 8.55. The number of methoxy groups -OCH3 is 1. The Morgan fingerprint density at radius 2 is 1.74 bits per heavy atom. The van der Waals surface area contributed by atoms with E-state index in [2.05, 4.69) is 11.3 Å². The molecule has 6 nitrogen and oxygen atoms in total. The molecule has 1 aromatic heterocycles. The summed E-state index contributed by atoms with van der Waals surface area (Å²) in [6, 6.07) is 9.00. The average molecular weight is 434 g/mol. The van der Waals surface area contributed by atoms with Crippen LogP contribution in [0, 0.1) is 0 Å². The van der Waals surface area contributed by atoms with E-state index in [-0.39, 0.29) is 34.6 Å². The molecule has 1 heterocycles. The number of esters is 1. The van der Waals surface area contributed by atoms with Gasteiger partial charge < -0.3 is 18.6 Å². The van der Waals surface area contributed by atoms with Gasteiger partial charge in [0.2, 0.25) is 11.2 Å². The van der Waals surface area contributed by atoms with Crippen molar-refractivity contribution in [2.24, 2.45) is 0 Å². The van der Waals surface area contributed by atoms with E-state index in [1.54, 1.807) is 6.92 Å². The van der Waals surface area contributed by atoms with Crippen molar-refractivity contribution >= 4 is 16.9 Å². The zero-order chi connectivity index (χ0) is 22.8. The molecule has 0 amide bonds. The monoisotopic (exact) mass is 434 g/mol. The minimum Gasteiger partial charge on any atom is -0.489 e. The van der Waals surface area contributed by atoms with Crippen molar-refractivity contribution in [3.8, 4) is 17.2 Å². The molecule has 0 aliphatic heterocycles. The minimum absolute atomic E-state index is 0.0915. The molecule has 3 rings (SSSR count). The van der Waals surface area contributed by atoms with E-state index < -0.39 is 29.1 Å². The van der Waals surface area contributed by atoms with Crippen molar-refractivity contribution in [1.29, 1.82) is 0 Å². The molecule has 0 saturated heterocycles. The van der Waals surface area contributed by atoms with Crippen LogP contribution in [0.25, 0.3) is 11.0 Å². The summed E-state index contributed by atoms with van der Waals surface area (Å²) in [7, 11) is 1.19. The highest BCUT2D eigenvalue weighted by molar-refractivity contribution is 5.89. The van der Waals surface area contributed by atoms with E-state index in [4.69, 9.17) is 13.9 Å². The van der Waals surface area contributed by atoms with Crippen LogP contribution in [0.3, 0.4) is 0 Å². The highest BCUT2D eigenvalue weighted by Gasteiger charge is 2.40. The topological polar surface area (TPSA) is 75.0 Å². The van der Waals surface area contributed by atoms with Crippen LogP contribution in [0.2, 0.25) is 0 Å². The molecule has 0 aliphatic carbocycles. The maximum Gasteiger partial charge on any atom is 0.453 e. The third kappa shape index (κ3) is 4.88. The van der Waals surface area contributed by atoms with E-state index in [0.717, 1.165) is 0 Å². The Morgan fingerprint density at radius 1 is 1.10 bits per heavy atom. The van der Waals surface area contributed by atoms with Gasteiger partial charge >= 0.3 is 12.1 Å². The van der Waals surface area contributed by atoms with Gasteiger partial charge in [0, 0.05) is 6.07 Å². The second-order valence-corrected chi connectivity index (χ2v) is 6.61. The zero-order valence-corrected chi connectivity index (χ0v) is 16.5. The van der Waals surface area contributed by atoms with Crippen LogP contribution in [0.4, 0.5) is 13.2 Å². The molecule has 0 fully saturated rings. The first kappa shape index (κ1) is 21.9. The Morgan fingerprint density at radius 3 is 2.32 bits per heavy atom. The van der Waals surface area contributed by atoms with Crippen molar-refractivity contribution in [3.63, 3.8) is 0 Å². The summed E-state index contributed by atoms with van der Waals surface area (Å²) in [5.74, 6) is -3.09. The first-order chi connectivity index (χ1) is 14.6. The molecule has 0 N–H and O–H groups in total. The summed E-state index contributed by atoms with van der Waals surface area (Å²) in [5.41, 5.74) is -0.430. The molecule has 9 heteroatoms. The van der Waals surface area contributed by atoms with Crippen molar-refractivity contribution < 1.29 is 36.6 Å². The number of ether oxygens (including phenoxy) is 3. The smallest absolute Gasteiger partial charge is 0.453 e. The van der Waals surface area contributed by atoms with Crippen LogP contribution in [0.1, 0.15) is 23.0 Å². The van der Waals surface area contributed by atoms with Crippen LogP contribution in [-0.2, 0) is 10.9 Å². The number of rotatable bonds is 6. The number of hydrogen-bond donors (Lipinski definition) is 0. The molecule has 162 valence electrons. The highest BCUT2D eigenvalue weighted by atomic mass is 19.4. The van der Waals surface area contributed by atoms with Gasteiger partial charge in [-0.1, -0.05) is 6.58 Å². The lowest BCUT2D eigenvalue weighted by molar-refractivity contribution is -0.154. The fourth-order valence-electron chi connectivity index (χ4n) is 2.63. The minimum atomic E-state index is -5.00. The summed E-state index contributed by atoms with van der Waals surface area (Å²) in [5, 5.41) is -0.114.